The molecule has 2 saturated heterocycles. The molecule has 5 heteroatoms. The molecule has 0 bridgehead atoms. The van der Waals surface area contributed by atoms with Crippen molar-refractivity contribution in [3.05, 3.63) is 65.2 Å². The highest BCUT2D eigenvalue weighted by molar-refractivity contribution is 6.05. The van der Waals surface area contributed by atoms with Crippen LogP contribution in [0.2, 0.25) is 0 Å². The van der Waals surface area contributed by atoms with Crippen LogP contribution in [0.3, 0.4) is 0 Å². The highest BCUT2D eigenvalue weighted by Gasteiger charge is 2.38. The predicted octanol–water partition coefficient (Wildman–Crippen LogP) is 3.46. The smallest absolute Gasteiger partial charge is 0.255 e. The van der Waals surface area contributed by atoms with Gasteiger partial charge in [-0.3, -0.25) is 9.59 Å². The number of aryl methyl sites for hydroxylation is 1. The third-order valence-electron chi connectivity index (χ3n) is 6.21. The number of carbonyl (C=O) groups excluding carboxylic acids is 2. The maximum absolute atomic E-state index is 13.0. The number of hydrogen-bond donors (Lipinski definition) is 2. The average molecular weight is 377 g/mol. The summed E-state index contributed by atoms with van der Waals surface area (Å²) in [6, 6.07) is 14.7. The summed E-state index contributed by atoms with van der Waals surface area (Å²) in [5.41, 5.74) is 3.25. The fourth-order valence-electron chi connectivity index (χ4n) is 4.26. The topological polar surface area (TPSA) is 61.4 Å². The fourth-order valence-corrected chi connectivity index (χ4v) is 4.26. The Balaban J connectivity index is 1.46. The Bertz CT molecular complexity index is 863. The molecule has 0 saturated carbocycles. The average Bonchev–Trinajstić information content (AvgIpc) is 3.18. The number of hydrogen-bond acceptors (Lipinski definition) is 3. The molecule has 2 amide bonds. The highest BCUT2D eigenvalue weighted by atomic mass is 16.2. The lowest BCUT2D eigenvalue weighted by Gasteiger charge is -2.39. The van der Waals surface area contributed by atoms with Crippen molar-refractivity contribution in [3.8, 4) is 0 Å². The van der Waals surface area contributed by atoms with Crippen molar-refractivity contribution >= 4 is 17.5 Å². The quantitative estimate of drug-likeness (QED) is 0.861. The van der Waals surface area contributed by atoms with Gasteiger partial charge in [-0.1, -0.05) is 24.3 Å². The second kappa shape index (κ2) is 7.76. The molecule has 2 heterocycles. The van der Waals surface area contributed by atoms with Crippen molar-refractivity contribution < 1.29 is 9.59 Å². The second-order valence-corrected chi connectivity index (χ2v) is 8.07. The number of nitrogens with one attached hydrogen (secondary N) is 2. The number of amides is 2. The molecule has 1 spiro atoms. The molecule has 2 aromatic carbocycles. The molecule has 0 radical (unpaired) electrons. The number of nitrogens with zero attached hydrogens (tertiary/aromatic N) is 1. The van der Waals surface area contributed by atoms with Crippen LogP contribution in [0.25, 0.3) is 0 Å². The monoisotopic (exact) mass is 377 g/mol. The molecule has 2 N–H and O–H groups in total. The van der Waals surface area contributed by atoms with E-state index in [-0.39, 0.29) is 11.8 Å². The molecule has 146 valence electrons. The molecule has 2 aromatic rings. The van der Waals surface area contributed by atoms with Gasteiger partial charge in [0.2, 0.25) is 0 Å². The summed E-state index contributed by atoms with van der Waals surface area (Å²) in [5.74, 6) is -0.113. The van der Waals surface area contributed by atoms with Gasteiger partial charge in [-0.15, -0.1) is 0 Å². The minimum atomic E-state index is -0.165. The largest absolute Gasteiger partial charge is 0.339 e. The van der Waals surface area contributed by atoms with Gasteiger partial charge in [0.05, 0.1) is 0 Å². The van der Waals surface area contributed by atoms with Crippen LogP contribution in [-0.4, -0.2) is 42.9 Å². The molecule has 2 fully saturated rings. The highest BCUT2D eigenvalue weighted by Crippen LogP contribution is 2.37. The van der Waals surface area contributed by atoms with Crippen LogP contribution in [0, 0.1) is 12.3 Å². The summed E-state index contributed by atoms with van der Waals surface area (Å²) in [4.78, 5) is 27.5. The Labute approximate surface area is 166 Å². The van der Waals surface area contributed by atoms with Gasteiger partial charge in [0, 0.05) is 36.4 Å². The standard InChI is InChI=1S/C23H27N3O2/c1-17-7-8-19(15-20(17)25-21(27)18-5-3-2-4-6-18)22(28)26-13-10-23(11-14-26)9-12-24-16-23/h2-8,15,24H,9-14,16H2,1H3,(H,25,27). The molecule has 0 atom stereocenters. The van der Waals surface area contributed by atoms with E-state index in [1.807, 2.05) is 42.2 Å². The first-order chi connectivity index (χ1) is 13.6. The van der Waals surface area contributed by atoms with E-state index in [4.69, 9.17) is 0 Å². The first kappa shape index (κ1) is 18.7. The van der Waals surface area contributed by atoms with Gasteiger partial charge < -0.3 is 15.5 Å². The SMILES string of the molecule is Cc1ccc(C(=O)N2CCC3(CCNC3)CC2)cc1NC(=O)c1ccccc1. The summed E-state index contributed by atoms with van der Waals surface area (Å²) in [6.07, 6.45) is 3.35. The lowest BCUT2D eigenvalue weighted by Crippen LogP contribution is -2.44. The molecule has 4 rings (SSSR count). The Morgan fingerprint density at radius 2 is 1.75 bits per heavy atom. The third kappa shape index (κ3) is 3.80. The Morgan fingerprint density at radius 1 is 1.00 bits per heavy atom. The first-order valence-electron chi connectivity index (χ1n) is 10.0. The van der Waals surface area contributed by atoms with E-state index in [1.54, 1.807) is 18.2 Å². The Morgan fingerprint density at radius 3 is 2.43 bits per heavy atom. The Hall–Kier alpha value is -2.66. The van der Waals surface area contributed by atoms with Crippen LogP contribution >= 0.6 is 0 Å². The minimum Gasteiger partial charge on any atom is -0.339 e. The molecular weight excluding hydrogens is 350 g/mol. The predicted molar refractivity (Wildman–Crippen MR) is 111 cm³/mol. The number of benzene rings is 2. The molecule has 2 aliphatic rings. The minimum absolute atomic E-state index is 0.0519. The number of anilines is 1. The van der Waals surface area contributed by atoms with Gasteiger partial charge in [-0.25, -0.2) is 0 Å². The van der Waals surface area contributed by atoms with E-state index in [2.05, 4.69) is 10.6 Å². The zero-order valence-electron chi connectivity index (χ0n) is 16.3. The van der Waals surface area contributed by atoms with Crippen molar-refractivity contribution in [2.24, 2.45) is 5.41 Å². The summed E-state index contributed by atoms with van der Waals surface area (Å²) in [6.45, 7) is 5.72. The first-order valence-corrected chi connectivity index (χ1v) is 10.0. The molecular formula is C23H27N3O2. The summed E-state index contributed by atoms with van der Waals surface area (Å²) >= 11 is 0. The lowest BCUT2D eigenvalue weighted by atomic mass is 9.78. The van der Waals surface area contributed by atoms with Crippen LogP contribution in [0.4, 0.5) is 5.69 Å². The summed E-state index contributed by atoms with van der Waals surface area (Å²) in [7, 11) is 0. The summed E-state index contributed by atoms with van der Waals surface area (Å²) in [5, 5.41) is 6.41. The third-order valence-corrected chi connectivity index (χ3v) is 6.21. The van der Waals surface area contributed by atoms with Crippen molar-refractivity contribution in [2.75, 3.05) is 31.5 Å². The molecule has 28 heavy (non-hydrogen) atoms. The van der Waals surface area contributed by atoms with Crippen LogP contribution < -0.4 is 10.6 Å². The van der Waals surface area contributed by atoms with Crippen molar-refractivity contribution in [1.82, 2.24) is 10.2 Å². The van der Waals surface area contributed by atoms with Gasteiger partial charge in [0.15, 0.2) is 0 Å². The van der Waals surface area contributed by atoms with Crippen LogP contribution in [0.1, 0.15) is 45.5 Å². The van der Waals surface area contributed by atoms with Crippen molar-refractivity contribution in [1.29, 1.82) is 0 Å². The fraction of sp³-hybridized carbons (Fsp3) is 0.391. The zero-order chi connectivity index (χ0) is 19.6. The van der Waals surface area contributed by atoms with Crippen molar-refractivity contribution in [3.63, 3.8) is 0 Å². The summed E-state index contributed by atoms with van der Waals surface area (Å²) < 4.78 is 0. The number of carbonyl (C=O) groups is 2. The molecule has 5 nitrogen and oxygen atoms in total. The van der Waals surface area contributed by atoms with E-state index in [1.165, 1.54) is 6.42 Å². The van der Waals surface area contributed by atoms with Gasteiger partial charge in [0.25, 0.3) is 11.8 Å². The van der Waals surface area contributed by atoms with E-state index >= 15 is 0 Å². The van der Waals surface area contributed by atoms with E-state index in [0.29, 0.717) is 22.2 Å². The maximum atomic E-state index is 13.0. The number of piperidine rings is 1. The van der Waals surface area contributed by atoms with Crippen LogP contribution in [0.15, 0.2) is 48.5 Å². The van der Waals surface area contributed by atoms with E-state index < -0.39 is 0 Å². The second-order valence-electron chi connectivity index (χ2n) is 8.07. The lowest BCUT2D eigenvalue weighted by molar-refractivity contribution is 0.0607. The van der Waals surface area contributed by atoms with Gasteiger partial charge in [-0.05, 0) is 68.0 Å². The van der Waals surface area contributed by atoms with Crippen LogP contribution in [0.5, 0.6) is 0 Å². The molecule has 0 aromatic heterocycles. The van der Waals surface area contributed by atoms with E-state index in [0.717, 1.165) is 44.6 Å². The van der Waals surface area contributed by atoms with Crippen molar-refractivity contribution in [2.45, 2.75) is 26.2 Å². The van der Waals surface area contributed by atoms with Gasteiger partial charge in [-0.2, -0.15) is 0 Å². The number of likely N-dealkylation sites (tertiary alicyclic amines) is 1. The normalized spacial score (nSPS) is 18.2. The maximum Gasteiger partial charge on any atom is 0.255 e. The van der Waals surface area contributed by atoms with E-state index in [9.17, 15) is 9.59 Å². The van der Waals surface area contributed by atoms with Gasteiger partial charge >= 0.3 is 0 Å². The molecule has 0 aliphatic carbocycles. The Kier molecular flexibility index (Phi) is 5.18. The van der Waals surface area contributed by atoms with Crippen LogP contribution in [-0.2, 0) is 0 Å². The molecule has 0 unspecified atom stereocenters. The molecule has 2 aliphatic heterocycles. The zero-order valence-corrected chi connectivity index (χ0v) is 16.3. The van der Waals surface area contributed by atoms with Gasteiger partial charge in [0.1, 0.15) is 0 Å². The number of rotatable bonds is 3.